The van der Waals surface area contributed by atoms with Crippen LogP contribution in [0.25, 0.3) is 0 Å². The summed E-state index contributed by atoms with van der Waals surface area (Å²) in [7, 11) is 0. The van der Waals surface area contributed by atoms with Gasteiger partial charge in [-0.05, 0) is 36.8 Å². The highest BCUT2D eigenvalue weighted by atomic mass is 16.5. The summed E-state index contributed by atoms with van der Waals surface area (Å²) in [5, 5.41) is 4.00. The molecule has 1 aromatic heterocycles. The molecule has 2 aromatic rings. The summed E-state index contributed by atoms with van der Waals surface area (Å²) in [6.45, 7) is 3.08. The molecular weight excluding hydrogens is 284 g/mol. The van der Waals surface area contributed by atoms with E-state index in [1.54, 1.807) is 31.2 Å². The van der Waals surface area contributed by atoms with Crippen LogP contribution in [0.4, 0.5) is 0 Å². The molecule has 0 saturated carbocycles. The number of ether oxygens (including phenoxy) is 1. The van der Waals surface area contributed by atoms with E-state index < -0.39 is 5.91 Å². The van der Waals surface area contributed by atoms with Gasteiger partial charge in [-0.3, -0.25) is 14.6 Å². The molecule has 7 nitrogen and oxygen atoms in total. The highest BCUT2D eigenvalue weighted by Crippen LogP contribution is 2.12. The standard InChI is InChI=1S/C15H14N4O3/c1-10(12-3-5-13(6-4-12)22-11(2)20)18-19-15(21)14-9-16-7-8-17-14/h3-9H,1-2H3,(H,19,21)/b18-10-. The van der Waals surface area contributed by atoms with Gasteiger partial charge in [-0.2, -0.15) is 5.10 Å². The highest BCUT2D eigenvalue weighted by Gasteiger charge is 2.06. The van der Waals surface area contributed by atoms with Crippen LogP contribution in [0.3, 0.4) is 0 Å². The third kappa shape index (κ3) is 4.20. The Morgan fingerprint density at radius 2 is 1.86 bits per heavy atom. The van der Waals surface area contributed by atoms with Crippen molar-refractivity contribution < 1.29 is 14.3 Å². The third-order valence-electron chi connectivity index (χ3n) is 2.65. The molecule has 1 heterocycles. The number of amides is 1. The van der Waals surface area contributed by atoms with Crippen molar-refractivity contribution in [3.05, 3.63) is 54.1 Å². The van der Waals surface area contributed by atoms with Crippen molar-refractivity contribution in [2.45, 2.75) is 13.8 Å². The molecule has 0 spiro atoms. The van der Waals surface area contributed by atoms with E-state index >= 15 is 0 Å². The molecule has 0 radical (unpaired) electrons. The number of nitrogens with one attached hydrogen (secondary N) is 1. The van der Waals surface area contributed by atoms with Crippen LogP contribution in [-0.2, 0) is 4.79 Å². The molecule has 0 aliphatic rings. The Hall–Kier alpha value is -3.09. The lowest BCUT2D eigenvalue weighted by atomic mass is 10.1. The highest BCUT2D eigenvalue weighted by molar-refractivity contribution is 6.00. The quantitative estimate of drug-likeness (QED) is 0.400. The number of hydrazone groups is 1. The summed E-state index contributed by atoms with van der Waals surface area (Å²) in [5.74, 6) is -0.369. The number of carbonyl (C=O) groups excluding carboxylic acids is 2. The lowest BCUT2D eigenvalue weighted by molar-refractivity contribution is -0.131. The predicted molar refractivity (Wildman–Crippen MR) is 79.5 cm³/mol. The van der Waals surface area contributed by atoms with Crippen LogP contribution in [-0.4, -0.2) is 27.6 Å². The van der Waals surface area contributed by atoms with Gasteiger partial charge in [0.1, 0.15) is 11.4 Å². The Bertz CT molecular complexity index is 696. The van der Waals surface area contributed by atoms with E-state index in [2.05, 4.69) is 20.5 Å². The van der Waals surface area contributed by atoms with E-state index in [1.807, 2.05) is 0 Å². The Balaban J connectivity index is 2.03. The molecular formula is C15H14N4O3. The van der Waals surface area contributed by atoms with Crippen molar-refractivity contribution in [3.8, 4) is 5.75 Å². The first-order chi connectivity index (χ1) is 10.6. The molecule has 0 aliphatic heterocycles. The summed E-state index contributed by atoms with van der Waals surface area (Å²) in [4.78, 5) is 30.3. The van der Waals surface area contributed by atoms with E-state index in [1.165, 1.54) is 25.5 Å². The van der Waals surface area contributed by atoms with E-state index in [9.17, 15) is 9.59 Å². The van der Waals surface area contributed by atoms with Crippen LogP contribution in [0, 0.1) is 0 Å². The molecule has 1 N–H and O–H groups in total. The number of hydrogen-bond acceptors (Lipinski definition) is 6. The number of esters is 1. The largest absolute Gasteiger partial charge is 0.427 e. The SMILES string of the molecule is CC(=O)Oc1ccc(/C(C)=N\NC(=O)c2cnccn2)cc1. The van der Waals surface area contributed by atoms with Crippen molar-refractivity contribution in [1.29, 1.82) is 0 Å². The molecule has 22 heavy (non-hydrogen) atoms. The van der Waals surface area contributed by atoms with Crippen LogP contribution < -0.4 is 10.2 Å². The number of hydrogen-bond donors (Lipinski definition) is 1. The lowest BCUT2D eigenvalue weighted by Gasteiger charge is -2.04. The van der Waals surface area contributed by atoms with Gasteiger partial charge in [-0.25, -0.2) is 10.4 Å². The van der Waals surface area contributed by atoms with Gasteiger partial charge < -0.3 is 4.74 Å². The van der Waals surface area contributed by atoms with E-state index in [4.69, 9.17) is 4.74 Å². The fourth-order valence-corrected chi connectivity index (χ4v) is 1.60. The van der Waals surface area contributed by atoms with Crippen molar-refractivity contribution >= 4 is 17.6 Å². The molecule has 0 saturated heterocycles. The summed E-state index contributed by atoms with van der Waals surface area (Å²) in [6, 6.07) is 6.79. The minimum atomic E-state index is -0.441. The number of aromatic nitrogens is 2. The van der Waals surface area contributed by atoms with Crippen molar-refractivity contribution in [2.24, 2.45) is 5.10 Å². The maximum atomic E-state index is 11.8. The van der Waals surface area contributed by atoms with Crippen LogP contribution in [0.15, 0.2) is 48.0 Å². The van der Waals surface area contributed by atoms with Gasteiger partial charge in [0.25, 0.3) is 5.91 Å². The van der Waals surface area contributed by atoms with Gasteiger partial charge in [-0.1, -0.05) is 0 Å². The second kappa shape index (κ2) is 7.07. The molecule has 0 bridgehead atoms. The molecule has 112 valence electrons. The fourth-order valence-electron chi connectivity index (χ4n) is 1.60. The minimum absolute atomic E-state index is 0.184. The van der Waals surface area contributed by atoms with Crippen molar-refractivity contribution in [1.82, 2.24) is 15.4 Å². The van der Waals surface area contributed by atoms with Gasteiger partial charge in [0, 0.05) is 19.3 Å². The number of carbonyl (C=O) groups is 2. The second-order valence-corrected chi connectivity index (χ2v) is 4.35. The number of rotatable bonds is 4. The maximum absolute atomic E-state index is 11.8. The zero-order chi connectivity index (χ0) is 15.9. The number of nitrogens with zero attached hydrogens (tertiary/aromatic N) is 3. The van der Waals surface area contributed by atoms with E-state index in [0.29, 0.717) is 11.5 Å². The van der Waals surface area contributed by atoms with Crippen molar-refractivity contribution in [2.75, 3.05) is 0 Å². The smallest absolute Gasteiger partial charge is 0.308 e. The van der Waals surface area contributed by atoms with Crippen LogP contribution in [0.1, 0.15) is 29.9 Å². The third-order valence-corrected chi connectivity index (χ3v) is 2.65. The topological polar surface area (TPSA) is 93.5 Å². The molecule has 7 heteroatoms. The molecule has 1 aromatic carbocycles. The predicted octanol–water partition coefficient (Wildman–Crippen LogP) is 1.56. The molecule has 0 atom stereocenters. The fraction of sp³-hybridized carbons (Fsp3) is 0.133. The Morgan fingerprint density at radius 1 is 1.14 bits per heavy atom. The van der Waals surface area contributed by atoms with Crippen LogP contribution >= 0.6 is 0 Å². The summed E-state index contributed by atoms with van der Waals surface area (Å²) in [5.41, 5.74) is 3.98. The van der Waals surface area contributed by atoms with Crippen LogP contribution in [0.2, 0.25) is 0 Å². The molecule has 0 aliphatic carbocycles. The zero-order valence-corrected chi connectivity index (χ0v) is 12.1. The first kappa shape index (κ1) is 15.3. The summed E-state index contributed by atoms with van der Waals surface area (Å²) in [6.07, 6.45) is 4.27. The molecule has 0 unspecified atom stereocenters. The average molecular weight is 298 g/mol. The van der Waals surface area contributed by atoms with Gasteiger partial charge in [-0.15, -0.1) is 0 Å². The number of benzene rings is 1. The zero-order valence-electron chi connectivity index (χ0n) is 12.1. The molecule has 2 rings (SSSR count). The average Bonchev–Trinajstić information content (AvgIpc) is 2.53. The normalized spacial score (nSPS) is 10.9. The van der Waals surface area contributed by atoms with Gasteiger partial charge in [0.15, 0.2) is 0 Å². The lowest BCUT2D eigenvalue weighted by Crippen LogP contribution is -2.20. The molecule has 1 amide bonds. The molecule has 0 fully saturated rings. The Labute approximate surface area is 127 Å². The summed E-state index contributed by atoms with van der Waals surface area (Å²) < 4.78 is 4.94. The second-order valence-electron chi connectivity index (χ2n) is 4.35. The van der Waals surface area contributed by atoms with Crippen LogP contribution in [0.5, 0.6) is 5.75 Å². The van der Waals surface area contributed by atoms with E-state index in [-0.39, 0.29) is 11.7 Å². The first-order valence-electron chi connectivity index (χ1n) is 6.46. The van der Waals surface area contributed by atoms with Gasteiger partial charge >= 0.3 is 5.97 Å². The van der Waals surface area contributed by atoms with E-state index in [0.717, 1.165) is 5.56 Å². The minimum Gasteiger partial charge on any atom is -0.427 e. The summed E-state index contributed by atoms with van der Waals surface area (Å²) >= 11 is 0. The Morgan fingerprint density at radius 3 is 2.45 bits per heavy atom. The first-order valence-corrected chi connectivity index (χ1v) is 6.46. The Kier molecular flexibility index (Phi) is 4.92. The monoisotopic (exact) mass is 298 g/mol. The van der Waals surface area contributed by atoms with Gasteiger partial charge in [0.05, 0.1) is 11.9 Å². The van der Waals surface area contributed by atoms with Crippen molar-refractivity contribution in [3.63, 3.8) is 0 Å². The maximum Gasteiger partial charge on any atom is 0.308 e. The van der Waals surface area contributed by atoms with Gasteiger partial charge in [0.2, 0.25) is 0 Å².